The number of hydrogen-bond acceptors (Lipinski definition) is 4. The number of halogens is 1. The van der Waals surface area contributed by atoms with E-state index in [1.54, 1.807) is 18.4 Å². The van der Waals surface area contributed by atoms with Crippen molar-refractivity contribution in [1.29, 1.82) is 0 Å². The average molecular weight is 419 g/mol. The smallest absolute Gasteiger partial charge is 0.193 e. The Balaban J connectivity index is 1.62. The maximum absolute atomic E-state index is 4.37. The first-order valence-corrected chi connectivity index (χ1v) is 9.37. The summed E-state index contributed by atoms with van der Waals surface area (Å²) in [7, 11) is 3.84. The van der Waals surface area contributed by atoms with Gasteiger partial charge in [-0.3, -0.25) is 10.1 Å². The standard InChI is InChI=1S/C17H19BrN6S/c1-19-17(24(2)10-14-6-7-15(18)25-14)20-9-12-4-3-5-13(8-12)16-21-11-22-23-16/h3-8,11H,9-10H2,1-2H3,(H,19,20)(H,21,22,23). The quantitative estimate of drug-likeness (QED) is 0.491. The number of aromatic nitrogens is 3. The fourth-order valence-electron chi connectivity index (χ4n) is 2.48. The monoisotopic (exact) mass is 418 g/mol. The van der Waals surface area contributed by atoms with Crippen LogP contribution in [0.25, 0.3) is 11.4 Å². The van der Waals surface area contributed by atoms with Gasteiger partial charge in [-0.2, -0.15) is 5.10 Å². The number of hydrogen-bond donors (Lipinski definition) is 2. The molecule has 0 amide bonds. The molecule has 0 aliphatic carbocycles. The first-order chi connectivity index (χ1) is 12.2. The molecule has 0 aliphatic heterocycles. The van der Waals surface area contributed by atoms with Crippen LogP contribution in [0.4, 0.5) is 0 Å². The maximum Gasteiger partial charge on any atom is 0.193 e. The predicted molar refractivity (Wildman–Crippen MR) is 106 cm³/mol. The highest BCUT2D eigenvalue weighted by atomic mass is 79.9. The summed E-state index contributed by atoms with van der Waals surface area (Å²) in [6.45, 7) is 1.50. The molecular formula is C17H19BrN6S. The van der Waals surface area contributed by atoms with Gasteiger partial charge in [-0.1, -0.05) is 18.2 Å². The molecule has 3 rings (SSSR count). The number of H-pyrrole nitrogens is 1. The van der Waals surface area contributed by atoms with Crippen LogP contribution < -0.4 is 5.32 Å². The van der Waals surface area contributed by atoms with Crippen molar-refractivity contribution in [2.24, 2.45) is 4.99 Å². The van der Waals surface area contributed by atoms with E-state index in [0.717, 1.165) is 33.2 Å². The summed E-state index contributed by atoms with van der Waals surface area (Å²) in [5, 5.41) is 10.2. The van der Waals surface area contributed by atoms with Gasteiger partial charge < -0.3 is 10.2 Å². The van der Waals surface area contributed by atoms with E-state index in [9.17, 15) is 0 Å². The van der Waals surface area contributed by atoms with E-state index in [1.807, 2.05) is 19.2 Å². The van der Waals surface area contributed by atoms with E-state index in [2.05, 4.69) is 70.6 Å². The molecule has 2 heterocycles. The van der Waals surface area contributed by atoms with Gasteiger partial charge in [0.25, 0.3) is 0 Å². The molecule has 0 fully saturated rings. The van der Waals surface area contributed by atoms with E-state index in [4.69, 9.17) is 0 Å². The maximum atomic E-state index is 4.37. The molecule has 0 unspecified atom stereocenters. The highest BCUT2D eigenvalue weighted by Gasteiger charge is 2.09. The van der Waals surface area contributed by atoms with Crippen molar-refractivity contribution in [3.8, 4) is 11.4 Å². The van der Waals surface area contributed by atoms with Gasteiger partial charge in [0.15, 0.2) is 11.8 Å². The lowest BCUT2D eigenvalue weighted by Crippen LogP contribution is -2.37. The highest BCUT2D eigenvalue weighted by molar-refractivity contribution is 9.11. The highest BCUT2D eigenvalue weighted by Crippen LogP contribution is 2.23. The van der Waals surface area contributed by atoms with Crippen molar-refractivity contribution in [2.75, 3.05) is 14.1 Å². The molecule has 3 aromatic rings. The third kappa shape index (κ3) is 4.67. The number of nitrogens with one attached hydrogen (secondary N) is 2. The minimum Gasteiger partial charge on any atom is -0.352 e. The number of aromatic amines is 1. The summed E-state index contributed by atoms with van der Waals surface area (Å²) < 4.78 is 1.14. The second kappa shape index (κ2) is 8.26. The van der Waals surface area contributed by atoms with Crippen molar-refractivity contribution in [2.45, 2.75) is 13.1 Å². The predicted octanol–water partition coefficient (Wildman–Crippen LogP) is 3.50. The number of nitrogens with zero attached hydrogens (tertiary/aromatic N) is 4. The molecule has 25 heavy (non-hydrogen) atoms. The average Bonchev–Trinajstić information content (AvgIpc) is 3.28. The van der Waals surface area contributed by atoms with Crippen molar-refractivity contribution in [3.05, 3.63) is 57.0 Å². The van der Waals surface area contributed by atoms with E-state index < -0.39 is 0 Å². The molecular weight excluding hydrogens is 400 g/mol. The SMILES string of the molecule is CN=C(NCc1cccc(-c2ncn[nH]2)c1)N(C)Cc1ccc(Br)s1. The van der Waals surface area contributed by atoms with Crippen LogP contribution in [0.15, 0.2) is 51.5 Å². The van der Waals surface area contributed by atoms with Crippen LogP contribution in [-0.4, -0.2) is 40.1 Å². The van der Waals surface area contributed by atoms with Crippen molar-refractivity contribution < 1.29 is 0 Å². The number of thiophene rings is 1. The number of rotatable bonds is 5. The zero-order chi connectivity index (χ0) is 17.6. The molecule has 1 aromatic carbocycles. The van der Waals surface area contributed by atoms with Crippen molar-refractivity contribution in [1.82, 2.24) is 25.4 Å². The van der Waals surface area contributed by atoms with Gasteiger partial charge in [0.2, 0.25) is 0 Å². The molecule has 2 aromatic heterocycles. The Labute approximate surface area is 159 Å². The van der Waals surface area contributed by atoms with Crippen LogP contribution in [0, 0.1) is 0 Å². The molecule has 2 N–H and O–H groups in total. The molecule has 0 radical (unpaired) electrons. The Morgan fingerprint density at radius 1 is 1.36 bits per heavy atom. The van der Waals surface area contributed by atoms with Gasteiger partial charge in [-0.25, -0.2) is 4.98 Å². The molecule has 0 saturated carbocycles. The van der Waals surface area contributed by atoms with Crippen molar-refractivity contribution >= 4 is 33.2 Å². The third-order valence-corrected chi connectivity index (χ3v) is 5.27. The van der Waals surface area contributed by atoms with Crippen LogP contribution >= 0.6 is 27.3 Å². The van der Waals surface area contributed by atoms with Crippen LogP contribution in [0.2, 0.25) is 0 Å². The molecule has 130 valence electrons. The van der Waals surface area contributed by atoms with Crippen LogP contribution in [0.5, 0.6) is 0 Å². The van der Waals surface area contributed by atoms with E-state index in [0.29, 0.717) is 6.54 Å². The number of benzene rings is 1. The summed E-state index contributed by atoms with van der Waals surface area (Å²) in [4.78, 5) is 12.0. The first-order valence-electron chi connectivity index (χ1n) is 7.76. The normalized spacial score (nSPS) is 11.6. The summed E-state index contributed by atoms with van der Waals surface area (Å²) in [6, 6.07) is 12.4. The Morgan fingerprint density at radius 2 is 2.24 bits per heavy atom. The largest absolute Gasteiger partial charge is 0.352 e. The Bertz CT molecular complexity index is 842. The Kier molecular flexibility index (Phi) is 5.83. The minimum atomic E-state index is 0.688. The molecule has 0 atom stereocenters. The van der Waals surface area contributed by atoms with Gasteiger partial charge in [-0.15, -0.1) is 11.3 Å². The second-order valence-electron chi connectivity index (χ2n) is 5.50. The fourth-order valence-corrected chi connectivity index (χ4v) is 4.02. The lowest BCUT2D eigenvalue weighted by molar-refractivity contribution is 0.481. The lowest BCUT2D eigenvalue weighted by Gasteiger charge is -2.21. The first kappa shape index (κ1) is 17.6. The second-order valence-corrected chi connectivity index (χ2v) is 8.04. The van der Waals surface area contributed by atoms with Crippen LogP contribution in [0.3, 0.4) is 0 Å². The molecule has 6 nitrogen and oxygen atoms in total. The molecule has 0 bridgehead atoms. The Morgan fingerprint density at radius 3 is 2.92 bits per heavy atom. The Hall–Kier alpha value is -2.19. The summed E-state index contributed by atoms with van der Waals surface area (Å²) in [6.07, 6.45) is 1.51. The molecule has 0 aliphatic rings. The number of guanidine groups is 1. The van der Waals surface area contributed by atoms with E-state index in [1.165, 1.54) is 11.2 Å². The number of aliphatic imine (C=N–C) groups is 1. The zero-order valence-electron chi connectivity index (χ0n) is 14.0. The van der Waals surface area contributed by atoms with E-state index >= 15 is 0 Å². The lowest BCUT2D eigenvalue weighted by atomic mass is 10.1. The summed E-state index contributed by atoms with van der Waals surface area (Å²) in [5.74, 6) is 1.63. The summed E-state index contributed by atoms with van der Waals surface area (Å²) in [5.41, 5.74) is 2.17. The molecule has 0 spiro atoms. The van der Waals surface area contributed by atoms with Gasteiger partial charge in [0, 0.05) is 31.1 Å². The third-order valence-electron chi connectivity index (χ3n) is 3.66. The zero-order valence-corrected chi connectivity index (χ0v) is 16.4. The van der Waals surface area contributed by atoms with Crippen molar-refractivity contribution in [3.63, 3.8) is 0 Å². The van der Waals surface area contributed by atoms with E-state index in [-0.39, 0.29) is 0 Å². The van der Waals surface area contributed by atoms with Gasteiger partial charge in [0.05, 0.1) is 10.3 Å². The van der Waals surface area contributed by atoms with Gasteiger partial charge in [0.1, 0.15) is 6.33 Å². The summed E-state index contributed by atoms with van der Waals surface area (Å²) >= 11 is 5.24. The molecule has 0 saturated heterocycles. The topological polar surface area (TPSA) is 69.2 Å². The molecule has 8 heteroatoms. The van der Waals surface area contributed by atoms with Crippen LogP contribution in [-0.2, 0) is 13.1 Å². The fraction of sp³-hybridized carbons (Fsp3) is 0.235. The minimum absolute atomic E-state index is 0.688. The van der Waals surface area contributed by atoms with Gasteiger partial charge >= 0.3 is 0 Å². The van der Waals surface area contributed by atoms with Crippen LogP contribution in [0.1, 0.15) is 10.4 Å². The van der Waals surface area contributed by atoms with Gasteiger partial charge in [-0.05, 0) is 39.7 Å².